The van der Waals surface area contributed by atoms with Gasteiger partial charge in [-0.1, -0.05) is 6.07 Å². The fraction of sp³-hybridized carbons (Fsp3) is 0.308. The highest BCUT2D eigenvalue weighted by Gasteiger charge is 2.25. The summed E-state index contributed by atoms with van der Waals surface area (Å²) >= 11 is 5.88. The molecule has 180 valence electrons. The van der Waals surface area contributed by atoms with E-state index in [4.69, 9.17) is 16.3 Å². The minimum absolute atomic E-state index is 0.330. The molecule has 1 heterocycles. The summed E-state index contributed by atoms with van der Waals surface area (Å²) in [6.07, 6.45) is 6.41. The normalized spacial score (nSPS) is 12.0. The number of aromatic nitrogens is 2. The number of alkyl halides is 1. The molecular formula is C26H28ClF2N3O2. The van der Waals surface area contributed by atoms with Gasteiger partial charge in [0, 0.05) is 23.7 Å². The lowest BCUT2D eigenvalue weighted by molar-refractivity contribution is -0.119. The van der Waals surface area contributed by atoms with Gasteiger partial charge in [0.25, 0.3) is 0 Å². The van der Waals surface area contributed by atoms with Crippen molar-refractivity contribution in [3.05, 3.63) is 83.0 Å². The smallest absolute Gasteiger partial charge is 0.247 e. The Hall–Kier alpha value is -3.19. The predicted octanol–water partition coefficient (Wildman–Crippen LogP) is 5.92. The second kappa shape index (κ2) is 10.8. The third kappa shape index (κ3) is 6.23. The van der Waals surface area contributed by atoms with E-state index in [1.165, 1.54) is 12.1 Å². The van der Waals surface area contributed by atoms with E-state index in [0.29, 0.717) is 35.6 Å². The number of carbonyl (C=O) groups excluding carboxylic acids is 1. The van der Waals surface area contributed by atoms with Crippen molar-refractivity contribution in [3.63, 3.8) is 0 Å². The zero-order valence-corrected chi connectivity index (χ0v) is 20.4. The molecule has 0 spiro atoms. The van der Waals surface area contributed by atoms with E-state index in [2.05, 4.69) is 10.3 Å². The molecule has 2 aromatic carbocycles. The minimum atomic E-state index is -0.999. The van der Waals surface area contributed by atoms with Crippen LogP contribution in [0.4, 0.5) is 8.78 Å². The monoisotopic (exact) mass is 487 g/mol. The van der Waals surface area contributed by atoms with Gasteiger partial charge in [-0.15, -0.1) is 11.6 Å². The molecule has 3 aromatic rings. The maximum atomic E-state index is 13.7. The largest absolute Gasteiger partial charge is 0.495 e. The van der Waals surface area contributed by atoms with E-state index in [1.54, 1.807) is 33.4 Å². The molecule has 1 N–H and O–H groups in total. The molecule has 1 amide bonds. The zero-order valence-electron chi connectivity index (χ0n) is 19.7. The lowest BCUT2D eigenvalue weighted by Crippen LogP contribution is -2.41. The lowest BCUT2D eigenvalue weighted by atomic mass is 9.93. The Morgan fingerprint density at radius 3 is 2.50 bits per heavy atom. The second-order valence-corrected chi connectivity index (χ2v) is 8.93. The number of rotatable bonds is 9. The summed E-state index contributed by atoms with van der Waals surface area (Å²) in [5, 5.41) is 2.90. The Labute approximate surface area is 203 Å². The molecule has 0 aliphatic carbocycles. The number of aryl methyl sites for hydroxylation is 1. The maximum Gasteiger partial charge on any atom is 0.247 e. The van der Waals surface area contributed by atoms with Crippen molar-refractivity contribution in [3.8, 4) is 11.4 Å². The van der Waals surface area contributed by atoms with Crippen LogP contribution in [0, 0.1) is 18.6 Å². The Morgan fingerprint density at radius 2 is 1.91 bits per heavy atom. The van der Waals surface area contributed by atoms with Gasteiger partial charge in [-0.2, -0.15) is 0 Å². The molecule has 0 aliphatic heterocycles. The number of amides is 1. The van der Waals surface area contributed by atoms with Crippen LogP contribution in [0.5, 0.6) is 5.75 Å². The van der Waals surface area contributed by atoms with Gasteiger partial charge in [0.2, 0.25) is 5.91 Å². The molecule has 0 aliphatic rings. The van der Waals surface area contributed by atoms with Gasteiger partial charge in [0.15, 0.2) is 0 Å². The van der Waals surface area contributed by atoms with E-state index >= 15 is 0 Å². The van der Waals surface area contributed by atoms with Crippen molar-refractivity contribution >= 4 is 23.6 Å². The Bertz CT molecular complexity index is 1180. The van der Waals surface area contributed by atoms with Crippen LogP contribution in [0.2, 0.25) is 0 Å². The van der Waals surface area contributed by atoms with E-state index < -0.39 is 17.2 Å². The van der Waals surface area contributed by atoms with Crippen LogP contribution in [0.15, 0.2) is 54.5 Å². The number of hydrogen-bond acceptors (Lipinski definition) is 3. The van der Waals surface area contributed by atoms with Crippen LogP contribution in [-0.2, 0) is 10.3 Å². The summed E-state index contributed by atoms with van der Waals surface area (Å²) in [5.41, 5.74) is 2.30. The highest BCUT2D eigenvalue weighted by Crippen LogP contribution is 2.27. The molecule has 8 heteroatoms. The average Bonchev–Trinajstić information content (AvgIpc) is 3.21. The number of ether oxygens (including phenoxy) is 1. The molecule has 0 saturated heterocycles. The average molecular weight is 488 g/mol. The number of imidazole rings is 1. The number of methoxy groups -OCH3 is 1. The van der Waals surface area contributed by atoms with E-state index in [1.807, 2.05) is 35.9 Å². The quantitative estimate of drug-likeness (QED) is 0.301. The maximum absolute atomic E-state index is 13.7. The highest BCUT2D eigenvalue weighted by molar-refractivity contribution is 6.17. The Morgan fingerprint density at radius 1 is 1.21 bits per heavy atom. The SMILES string of the molecule is COc1cc(C=C(CCCCl)C(=O)NC(C)(C)c2cc(F)cc(F)c2)ccc1-n1cnc(C)c1. The molecule has 0 saturated carbocycles. The molecule has 0 radical (unpaired) electrons. The molecule has 34 heavy (non-hydrogen) atoms. The number of nitrogens with one attached hydrogen (secondary N) is 1. The fourth-order valence-electron chi connectivity index (χ4n) is 3.61. The van der Waals surface area contributed by atoms with Crippen molar-refractivity contribution in [2.45, 2.75) is 39.2 Å². The number of nitrogens with zero attached hydrogens (tertiary/aromatic N) is 2. The number of halogens is 3. The van der Waals surface area contributed by atoms with Gasteiger partial charge < -0.3 is 14.6 Å². The molecule has 5 nitrogen and oxygen atoms in total. The first kappa shape index (κ1) is 25.4. The number of benzene rings is 2. The molecule has 0 atom stereocenters. The Kier molecular flexibility index (Phi) is 8.10. The first-order chi connectivity index (χ1) is 16.1. The van der Waals surface area contributed by atoms with Crippen LogP contribution >= 0.6 is 11.6 Å². The Balaban J connectivity index is 1.91. The van der Waals surface area contributed by atoms with Gasteiger partial charge in [-0.05, 0) is 75.1 Å². The number of hydrogen-bond donors (Lipinski definition) is 1. The van der Waals surface area contributed by atoms with Gasteiger partial charge >= 0.3 is 0 Å². The molecule has 0 fully saturated rings. The van der Waals surface area contributed by atoms with E-state index in [-0.39, 0.29) is 5.91 Å². The fourth-order valence-corrected chi connectivity index (χ4v) is 3.74. The van der Waals surface area contributed by atoms with Crippen LogP contribution in [0.1, 0.15) is 43.5 Å². The third-order valence-electron chi connectivity index (χ3n) is 5.42. The highest BCUT2D eigenvalue weighted by atomic mass is 35.5. The summed E-state index contributed by atoms with van der Waals surface area (Å²) in [7, 11) is 1.58. The van der Waals surface area contributed by atoms with Crippen molar-refractivity contribution in [1.82, 2.24) is 14.9 Å². The van der Waals surface area contributed by atoms with Crippen molar-refractivity contribution < 1.29 is 18.3 Å². The molecule has 1 aromatic heterocycles. The van der Waals surface area contributed by atoms with Crippen LogP contribution in [0.25, 0.3) is 11.8 Å². The van der Waals surface area contributed by atoms with Gasteiger partial charge in [-0.3, -0.25) is 4.79 Å². The van der Waals surface area contributed by atoms with Crippen LogP contribution in [-0.4, -0.2) is 28.4 Å². The minimum Gasteiger partial charge on any atom is -0.495 e. The summed E-state index contributed by atoms with van der Waals surface area (Å²) < 4.78 is 34.9. The topological polar surface area (TPSA) is 56.1 Å². The van der Waals surface area contributed by atoms with E-state index in [0.717, 1.165) is 23.0 Å². The molecule has 0 unspecified atom stereocenters. The van der Waals surface area contributed by atoms with Crippen molar-refractivity contribution in [2.75, 3.05) is 13.0 Å². The predicted molar refractivity (Wildman–Crippen MR) is 130 cm³/mol. The number of carbonyl (C=O) groups is 1. The van der Waals surface area contributed by atoms with Crippen molar-refractivity contribution in [2.24, 2.45) is 0 Å². The van der Waals surface area contributed by atoms with Gasteiger partial charge in [0.1, 0.15) is 17.4 Å². The third-order valence-corrected chi connectivity index (χ3v) is 5.68. The van der Waals surface area contributed by atoms with Crippen LogP contribution in [0.3, 0.4) is 0 Å². The first-order valence-electron chi connectivity index (χ1n) is 10.9. The van der Waals surface area contributed by atoms with Gasteiger partial charge in [0.05, 0.1) is 30.4 Å². The summed E-state index contributed by atoms with van der Waals surface area (Å²) in [6, 6.07) is 8.84. The lowest BCUT2D eigenvalue weighted by Gasteiger charge is -2.28. The van der Waals surface area contributed by atoms with E-state index in [9.17, 15) is 13.6 Å². The first-order valence-corrected chi connectivity index (χ1v) is 11.4. The summed E-state index contributed by atoms with van der Waals surface area (Å²) in [4.78, 5) is 17.5. The molecular weight excluding hydrogens is 460 g/mol. The second-order valence-electron chi connectivity index (χ2n) is 8.55. The standard InChI is InChI=1S/C26H28ClF2N3O2/c1-17-15-32(16-30-17)23-8-7-18(11-24(23)34-4)10-19(6-5-9-27)25(33)31-26(2,3)20-12-21(28)14-22(29)13-20/h7-8,10-16H,5-6,9H2,1-4H3,(H,31,33). The summed E-state index contributed by atoms with van der Waals surface area (Å²) in [6.45, 7) is 5.30. The van der Waals surface area contributed by atoms with Crippen molar-refractivity contribution in [1.29, 1.82) is 0 Å². The summed E-state index contributed by atoms with van der Waals surface area (Å²) in [5.74, 6) is -0.719. The zero-order chi connectivity index (χ0) is 24.9. The van der Waals surface area contributed by atoms with Gasteiger partial charge in [-0.25, -0.2) is 13.8 Å². The molecule has 3 rings (SSSR count). The molecule has 0 bridgehead atoms. The van der Waals surface area contributed by atoms with Crippen LogP contribution < -0.4 is 10.1 Å².